The number of amides is 1. The number of hydrogen-bond donors (Lipinski definition) is 1. The Hall–Kier alpha value is -1.35. The molecule has 0 bridgehead atoms. The van der Waals surface area contributed by atoms with Gasteiger partial charge in [0.2, 0.25) is 5.91 Å². The molecule has 0 atom stereocenters. The van der Waals surface area contributed by atoms with E-state index in [1.807, 2.05) is 26.1 Å². The van der Waals surface area contributed by atoms with Crippen molar-refractivity contribution in [1.29, 1.82) is 0 Å². The molecule has 1 amide bonds. The molecule has 100 valence electrons. The van der Waals surface area contributed by atoms with Crippen LogP contribution in [0.5, 0.6) is 0 Å². The van der Waals surface area contributed by atoms with Crippen molar-refractivity contribution in [2.75, 3.05) is 25.5 Å². The van der Waals surface area contributed by atoms with E-state index in [0.717, 1.165) is 30.6 Å². The number of aryl methyl sites for hydroxylation is 2. The summed E-state index contributed by atoms with van der Waals surface area (Å²) in [5.74, 6) is 0.0561. The van der Waals surface area contributed by atoms with Gasteiger partial charge in [0, 0.05) is 5.69 Å². The molecule has 3 nitrogen and oxygen atoms in total. The SMILES string of the molecule is CCCCN(C)CC(=O)Nc1ccc(C)cc1C. The minimum Gasteiger partial charge on any atom is -0.325 e. The molecule has 0 aliphatic carbocycles. The maximum Gasteiger partial charge on any atom is 0.238 e. The second-order valence-corrected chi connectivity index (χ2v) is 4.96. The zero-order chi connectivity index (χ0) is 13.5. The normalized spacial score (nSPS) is 10.7. The highest BCUT2D eigenvalue weighted by Crippen LogP contribution is 2.15. The highest BCUT2D eigenvalue weighted by molar-refractivity contribution is 5.92. The molecule has 1 rings (SSSR count). The van der Waals surface area contributed by atoms with E-state index in [4.69, 9.17) is 0 Å². The molecule has 0 heterocycles. The van der Waals surface area contributed by atoms with E-state index in [0.29, 0.717) is 6.54 Å². The average molecular weight is 248 g/mol. The molecule has 3 heteroatoms. The highest BCUT2D eigenvalue weighted by Gasteiger charge is 2.07. The van der Waals surface area contributed by atoms with Gasteiger partial charge in [-0.1, -0.05) is 31.0 Å². The summed E-state index contributed by atoms with van der Waals surface area (Å²) in [6.07, 6.45) is 2.29. The third-order valence-corrected chi connectivity index (χ3v) is 2.96. The Morgan fingerprint density at radius 3 is 2.67 bits per heavy atom. The number of nitrogens with zero attached hydrogens (tertiary/aromatic N) is 1. The summed E-state index contributed by atoms with van der Waals surface area (Å²) in [5, 5.41) is 2.96. The molecular weight excluding hydrogens is 224 g/mol. The highest BCUT2D eigenvalue weighted by atomic mass is 16.2. The Labute approximate surface area is 110 Å². The van der Waals surface area contributed by atoms with Crippen LogP contribution < -0.4 is 5.32 Å². The Bertz CT molecular complexity index is 401. The molecule has 0 radical (unpaired) electrons. The van der Waals surface area contributed by atoms with Crippen molar-refractivity contribution in [1.82, 2.24) is 4.90 Å². The van der Waals surface area contributed by atoms with Gasteiger partial charge in [-0.15, -0.1) is 0 Å². The smallest absolute Gasteiger partial charge is 0.238 e. The summed E-state index contributed by atoms with van der Waals surface area (Å²) in [5.41, 5.74) is 3.24. The monoisotopic (exact) mass is 248 g/mol. The van der Waals surface area contributed by atoms with Gasteiger partial charge in [0.05, 0.1) is 6.54 Å². The summed E-state index contributed by atoms with van der Waals surface area (Å²) in [6.45, 7) is 7.65. The number of nitrogens with one attached hydrogen (secondary N) is 1. The van der Waals surface area contributed by atoms with E-state index in [2.05, 4.69) is 30.1 Å². The van der Waals surface area contributed by atoms with Crippen LogP contribution in [-0.4, -0.2) is 30.9 Å². The van der Waals surface area contributed by atoms with E-state index < -0.39 is 0 Å². The summed E-state index contributed by atoms with van der Waals surface area (Å²) in [4.78, 5) is 13.9. The molecule has 1 aromatic carbocycles. The van der Waals surface area contributed by atoms with E-state index in [1.165, 1.54) is 5.56 Å². The third-order valence-electron chi connectivity index (χ3n) is 2.96. The molecule has 0 fully saturated rings. The van der Waals surface area contributed by atoms with Crippen LogP contribution in [0.2, 0.25) is 0 Å². The van der Waals surface area contributed by atoms with Crippen molar-refractivity contribution >= 4 is 11.6 Å². The number of anilines is 1. The lowest BCUT2D eigenvalue weighted by Crippen LogP contribution is -2.31. The minimum absolute atomic E-state index is 0.0561. The first-order valence-corrected chi connectivity index (χ1v) is 6.58. The van der Waals surface area contributed by atoms with Crippen LogP contribution in [0, 0.1) is 13.8 Å². The summed E-state index contributed by atoms with van der Waals surface area (Å²) in [7, 11) is 1.98. The minimum atomic E-state index is 0.0561. The van der Waals surface area contributed by atoms with Crippen molar-refractivity contribution in [3.63, 3.8) is 0 Å². The molecular formula is C15H24N2O. The van der Waals surface area contributed by atoms with Gasteiger partial charge in [-0.05, 0) is 45.5 Å². The molecule has 18 heavy (non-hydrogen) atoms. The number of hydrogen-bond acceptors (Lipinski definition) is 2. The molecule has 1 N–H and O–H groups in total. The number of carbonyl (C=O) groups excluding carboxylic acids is 1. The van der Waals surface area contributed by atoms with Crippen LogP contribution in [0.15, 0.2) is 18.2 Å². The topological polar surface area (TPSA) is 32.3 Å². The molecule has 0 saturated heterocycles. The summed E-state index contributed by atoms with van der Waals surface area (Å²) in [6, 6.07) is 6.06. The molecule has 0 unspecified atom stereocenters. The third kappa shape index (κ3) is 4.88. The lowest BCUT2D eigenvalue weighted by molar-refractivity contribution is -0.117. The van der Waals surface area contributed by atoms with Gasteiger partial charge in [0.1, 0.15) is 0 Å². The quantitative estimate of drug-likeness (QED) is 0.839. The van der Waals surface area contributed by atoms with Gasteiger partial charge >= 0.3 is 0 Å². The zero-order valence-electron chi connectivity index (χ0n) is 11.9. The van der Waals surface area contributed by atoms with Gasteiger partial charge in [-0.3, -0.25) is 9.69 Å². The van der Waals surface area contributed by atoms with E-state index in [9.17, 15) is 4.79 Å². The summed E-state index contributed by atoms with van der Waals surface area (Å²) >= 11 is 0. The Balaban J connectivity index is 2.49. The molecule has 0 saturated carbocycles. The fourth-order valence-electron chi connectivity index (χ4n) is 1.90. The van der Waals surface area contributed by atoms with Gasteiger partial charge in [0.25, 0.3) is 0 Å². The number of rotatable bonds is 6. The fraction of sp³-hybridized carbons (Fsp3) is 0.533. The van der Waals surface area contributed by atoms with E-state index >= 15 is 0 Å². The predicted molar refractivity (Wildman–Crippen MR) is 77.0 cm³/mol. The first-order chi connectivity index (χ1) is 8.52. The number of benzene rings is 1. The van der Waals surface area contributed by atoms with Gasteiger partial charge in [0.15, 0.2) is 0 Å². The number of unbranched alkanes of at least 4 members (excludes halogenated alkanes) is 1. The first-order valence-electron chi connectivity index (χ1n) is 6.58. The van der Waals surface area contributed by atoms with Crippen LogP contribution in [0.1, 0.15) is 30.9 Å². The first kappa shape index (κ1) is 14.7. The average Bonchev–Trinajstić information content (AvgIpc) is 2.30. The lowest BCUT2D eigenvalue weighted by atomic mass is 10.1. The van der Waals surface area contributed by atoms with Crippen LogP contribution in [0.25, 0.3) is 0 Å². The lowest BCUT2D eigenvalue weighted by Gasteiger charge is -2.16. The van der Waals surface area contributed by atoms with Crippen LogP contribution in [0.4, 0.5) is 5.69 Å². The maximum atomic E-state index is 11.9. The van der Waals surface area contributed by atoms with Gasteiger partial charge < -0.3 is 5.32 Å². The Morgan fingerprint density at radius 1 is 1.33 bits per heavy atom. The molecule has 0 aliphatic heterocycles. The summed E-state index contributed by atoms with van der Waals surface area (Å²) < 4.78 is 0. The molecule has 0 aromatic heterocycles. The molecule has 0 aliphatic rings. The Morgan fingerprint density at radius 2 is 2.06 bits per heavy atom. The van der Waals surface area contributed by atoms with Crippen LogP contribution >= 0.6 is 0 Å². The second-order valence-electron chi connectivity index (χ2n) is 4.96. The van der Waals surface area contributed by atoms with E-state index in [-0.39, 0.29) is 5.91 Å². The number of carbonyl (C=O) groups is 1. The van der Waals surface area contributed by atoms with E-state index in [1.54, 1.807) is 0 Å². The fourth-order valence-corrected chi connectivity index (χ4v) is 1.90. The van der Waals surface area contributed by atoms with Crippen molar-refractivity contribution < 1.29 is 4.79 Å². The van der Waals surface area contributed by atoms with Crippen molar-refractivity contribution in [2.45, 2.75) is 33.6 Å². The largest absolute Gasteiger partial charge is 0.325 e. The zero-order valence-corrected chi connectivity index (χ0v) is 11.9. The van der Waals surface area contributed by atoms with Crippen LogP contribution in [0.3, 0.4) is 0 Å². The van der Waals surface area contributed by atoms with Gasteiger partial charge in [-0.25, -0.2) is 0 Å². The Kier molecular flexibility index (Phi) is 5.86. The maximum absolute atomic E-state index is 11.9. The number of likely N-dealkylation sites (N-methyl/N-ethyl adjacent to an activating group) is 1. The molecule has 1 aromatic rings. The van der Waals surface area contributed by atoms with Crippen molar-refractivity contribution in [3.05, 3.63) is 29.3 Å². The van der Waals surface area contributed by atoms with Crippen molar-refractivity contribution in [2.24, 2.45) is 0 Å². The van der Waals surface area contributed by atoms with Crippen LogP contribution in [-0.2, 0) is 4.79 Å². The van der Waals surface area contributed by atoms with Gasteiger partial charge in [-0.2, -0.15) is 0 Å². The molecule has 0 spiro atoms. The van der Waals surface area contributed by atoms with Crippen molar-refractivity contribution in [3.8, 4) is 0 Å². The predicted octanol–water partition coefficient (Wildman–Crippen LogP) is 2.97. The standard InChI is InChI=1S/C15H24N2O/c1-5-6-9-17(4)11-15(18)16-14-8-7-12(2)10-13(14)3/h7-8,10H,5-6,9,11H2,1-4H3,(H,16,18). The second kappa shape index (κ2) is 7.17.